The van der Waals surface area contributed by atoms with Gasteiger partial charge in [0, 0.05) is 17.1 Å². The van der Waals surface area contributed by atoms with Crippen LogP contribution in [-0.4, -0.2) is 25.8 Å². The number of benzene rings is 1. The predicted molar refractivity (Wildman–Crippen MR) is 74.2 cm³/mol. The van der Waals surface area contributed by atoms with Crippen molar-refractivity contribution in [3.63, 3.8) is 0 Å². The smallest absolute Gasteiger partial charge is 0.126 e. The molecule has 1 saturated heterocycles. The van der Waals surface area contributed by atoms with E-state index >= 15 is 0 Å². The van der Waals surface area contributed by atoms with E-state index in [-0.39, 0.29) is 11.9 Å². The van der Waals surface area contributed by atoms with Crippen LogP contribution in [0.2, 0.25) is 0 Å². The minimum atomic E-state index is -0.134. The maximum absolute atomic E-state index is 13.7. The Morgan fingerprint density at radius 1 is 1.56 bits per heavy atom. The monoisotopic (exact) mass is 315 g/mol. The van der Waals surface area contributed by atoms with Gasteiger partial charge in [0.2, 0.25) is 0 Å². The molecule has 0 bridgehead atoms. The molecule has 2 rings (SSSR count). The van der Waals surface area contributed by atoms with E-state index in [0.29, 0.717) is 12.5 Å². The fraction of sp³-hybridized carbons (Fsp3) is 0.571. The van der Waals surface area contributed by atoms with Gasteiger partial charge in [-0.2, -0.15) is 0 Å². The summed E-state index contributed by atoms with van der Waals surface area (Å²) in [6, 6.07) is 5.36. The molecular formula is C14H19BrFNO. The molecule has 18 heavy (non-hydrogen) atoms. The van der Waals surface area contributed by atoms with E-state index in [1.165, 1.54) is 6.07 Å². The molecule has 0 aliphatic carbocycles. The van der Waals surface area contributed by atoms with Crippen molar-refractivity contribution in [1.82, 2.24) is 5.32 Å². The molecule has 1 aromatic rings. The molecule has 1 fully saturated rings. The number of ether oxygens (including phenoxy) is 1. The molecule has 0 aromatic heterocycles. The number of rotatable bonds is 5. The van der Waals surface area contributed by atoms with Crippen LogP contribution in [0.15, 0.2) is 22.7 Å². The van der Waals surface area contributed by atoms with Crippen LogP contribution >= 0.6 is 15.9 Å². The van der Waals surface area contributed by atoms with Gasteiger partial charge in [-0.25, -0.2) is 4.39 Å². The van der Waals surface area contributed by atoms with E-state index in [0.717, 1.165) is 35.9 Å². The zero-order chi connectivity index (χ0) is 13.0. The fourth-order valence-electron chi connectivity index (χ4n) is 2.42. The second-order valence-electron chi connectivity index (χ2n) is 4.80. The van der Waals surface area contributed by atoms with Gasteiger partial charge in [-0.05, 0) is 56.5 Å². The maximum atomic E-state index is 13.7. The van der Waals surface area contributed by atoms with E-state index in [4.69, 9.17) is 4.74 Å². The van der Waals surface area contributed by atoms with Gasteiger partial charge in [-0.15, -0.1) is 0 Å². The zero-order valence-electron chi connectivity index (χ0n) is 10.6. The minimum Gasteiger partial charge on any atom is -0.378 e. The molecule has 2 unspecified atom stereocenters. The molecule has 2 nitrogen and oxygen atoms in total. The van der Waals surface area contributed by atoms with Crippen molar-refractivity contribution < 1.29 is 9.13 Å². The molecular weight excluding hydrogens is 297 g/mol. The van der Waals surface area contributed by atoms with E-state index in [1.54, 1.807) is 6.07 Å². The average molecular weight is 316 g/mol. The Morgan fingerprint density at radius 3 is 3.06 bits per heavy atom. The Bertz CT molecular complexity index is 393. The summed E-state index contributed by atoms with van der Waals surface area (Å²) in [6.07, 6.45) is 4.24. The first-order valence-electron chi connectivity index (χ1n) is 6.42. The number of nitrogens with one attached hydrogen (secondary N) is 1. The summed E-state index contributed by atoms with van der Waals surface area (Å²) in [5, 5.41) is 3.26. The van der Waals surface area contributed by atoms with Gasteiger partial charge in [0.15, 0.2) is 0 Å². The number of likely N-dealkylation sites (N-methyl/N-ethyl adjacent to an activating group) is 1. The van der Waals surface area contributed by atoms with Gasteiger partial charge >= 0.3 is 0 Å². The highest BCUT2D eigenvalue weighted by molar-refractivity contribution is 9.10. The van der Waals surface area contributed by atoms with Crippen molar-refractivity contribution in [2.24, 2.45) is 0 Å². The van der Waals surface area contributed by atoms with Crippen molar-refractivity contribution in [2.45, 2.75) is 37.8 Å². The van der Waals surface area contributed by atoms with Gasteiger partial charge < -0.3 is 10.1 Å². The Labute approximate surface area is 116 Å². The SMILES string of the molecule is CNC(Cc1cc(Br)ccc1F)CC1CCCO1. The molecule has 0 saturated carbocycles. The van der Waals surface area contributed by atoms with Crippen LogP contribution in [0.3, 0.4) is 0 Å². The second kappa shape index (κ2) is 6.64. The maximum Gasteiger partial charge on any atom is 0.126 e. The molecule has 1 aromatic carbocycles. The van der Waals surface area contributed by atoms with Crippen LogP contribution in [0.4, 0.5) is 4.39 Å². The Hall–Kier alpha value is -0.450. The van der Waals surface area contributed by atoms with Crippen LogP contribution in [0.1, 0.15) is 24.8 Å². The first-order chi connectivity index (χ1) is 8.69. The lowest BCUT2D eigenvalue weighted by Gasteiger charge is -2.20. The summed E-state index contributed by atoms with van der Waals surface area (Å²) in [5.74, 6) is -0.134. The largest absolute Gasteiger partial charge is 0.378 e. The highest BCUT2D eigenvalue weighted by atomic mass is 79.9. The lowest BCUT2D eigenvalue weighted by Crippen LogP contribution is -2.32. The molecule has 0 amide bonds. The molecule has 2 atom stereocenters. The summed E-state index contributed by atoms with van der Waals surface area (Å²) in [5.41, 5.74) is 0.752. The minimum absolute atomic E-state index is 0.134. The van der Waals surface area contributed by atoms with Crippen molar-refractivity contribution >= 4 is 15.9 Å². The molecule has 1 heterocycles. The van der Waals surface area contributed by atoms with Crippen LogP contribution in [0.25, 0.3) is 0 Å². The topological polar surface area (TPSA) is 21.3 Å². The Balaban J connectivity index is 1.98. The highest BCUT2D eigenvalue weighted by Gasteiger charge is 2.20. The Morgan fingerprint density at radius 2 is 2.39 bits per heavy atom. The first kappa shape index (κ1) is 14.0. The van der Waals surface area contributed by atoms with Gasteiger partial charge in [0.1, 0.15) is 5.82 Å². The van der Waals surface area contributed by atoms with E-state index in [9.17, 15) is 4.39 Å². The van der Waals surface area contributed by atoms with E-state index < -0.39 is 0 Å². The molecule has 4 heteroatoms. The van der Waals surface area contributed by atoms with Gasteiger partial charge in [-0.3, -0.25) is 0 Å². The first-order valence-corrected chi connectivity index (χ1v) is 7.21. The number of hydrogen-bond donors (Lipinski definition) is 1. The lowest BCUT2D eigenvalue weighted by molar-refractivity contribution is 0.0953. The van der Waals surface area contributed by atoms with Crippen molar-refractivity contribution in [3.8, 4) is 0 Å². The summed E-state index contributed by atoms with van der Waals surface area (Å²) in [6.45, 7) is 0.867. The summed E-state index contributed by atoms with van der Waals surface area (Å²) >= 11 is 3.38. The van der Waals surface area contributed by atoms with Crippen LogP contribution in [0.5, 0.6) is 0 Å². The number of hydrogen-bond acceptors (Lipinski definition) is 2. The standard InChI is InChI=1S/C14H19BrFNO/c1-17-12(9-13-3-2-6-18-13)8-10-7-11(15)4-5-14(10)16/h4-5,7,12-13,17H,2-3,6,8-9H2,1H3. The van der Waals surface area contributed by atoms with Gasteiger partial charge in [0.25, 0.3) is 0 Å². The molecule has 0 spiro atoms. The van der Waals surface area contributed by atoms with E-state index in [2.05, 4.69) is 21.2 Å². The summed E-state index contributed by atoms with van der Waals surface area (Å²) in [7, 11) is 1.93. The quantitative estimate of drug-likeness (QED) is 0.900. The van der Waals surface area contributed by atoms with Gasteiger partial charge in [-0.1, -0.05) is 15.9 Å². The highest BCUT2D eigenvalue weighted by Crippen LogP contribution is 2.21. The zero-order valence-corrected chi connectivity index (χ0v) is 12.2. The van der Waals surface area contributed by atoms with Gasteiger partial charge in [0.05, 0.1) is 6.10 Å². The summed E-state index contributed by atoms with van der Waals surface area (Å²) < 4.78 is 20.3. The molecule has 1 aliphatic heterocycles. The third-order valence-corrected chi connectivity index (χ3v) is 3.95. The van der Waals surface area contributed by atoms with Crippen LogP contribution < -0.4 is 5.32 Å². The molecule has 100 valence electrons. The second-order valence-corrected chi connectivity index (χ2v) is 5.71. The van der Waals surface area contributed by atoms with Crippen molar-refractivity contribution in [3.05, 3.63) is 34.1 Å². The Kier molecular flexibility index (Phi) is 5.15. The van der Waals surface area contributed by atoms with Crippen molar-refractivity contribution in [2.75, 3.05) is 13.7 Å². The molecule has 1 aliphatic rings. The summed E-state index contributed by atoms with van der Waals surface area (Å²) in [4.78, 5) is 0. The molecule has 0 radical (unpaired) electrons. The van der Waals surface area contributed by atoms with Crippen LogP contribution in [-0.2, 0) is 11.2 Å². The average Bonchev–Trinajstić information content (AvgIpc) is 2.85. The molecule has 1 N–H and O–H groups in total. The third kappa shape index (κ3) is 3.77. The fourth-order valence-corrected chi connectivity index (χ4v) is 2.82. The number of halogens is 2. The van der Waals surface area contributed by atoms with Crippen LogP contribution in [0, 0.1) is 5.82 Å². The normalized spacial score (nSPS) is 21.2. The van der Waals surface area contributed by atoms with E-state index in [1.807, 2.05) is 13.1 Å². The predicted octanol–water partition coefficient (Wildman–Crippen LogP) is 3.29. The lowest BCUT2D eigenvalue weighted by atomic mass is 9.99. The third-order valence-electron chi connectivity index (χ3n) is 3.45. The van der Waals surface area contributed by atoms with Crippen molar-refractivity contribution in [1.29, 1.82) is 0 Å².